The van der Waals surface area contributed by atoms with E-state index in [0.29, 0.717) is 22.9 Å². The molecule has 0 aliphatic carbocycles. The molecular formula is C14H11N3O2. The minimum Gasteiger partial charge on any atom is -0.505 e. The summed E-state index contributed by atoms with van der Waals surface area (Å²) in [6.45, 7) is 0. The first-order chi connectivity index (χ1) is 9.22. The van der Waals surface area contributed by atoms with Crippen LogP contribution in [0, 0.1) is 5.41 Å². The Kier molecular flexibility index (Phi) is 2.52. The van der Waals surface area contributed by atoms with Crippen molar-refractivity contribution in [2.45, 2.75) is 6.42 Å². The van der Waals surface area contributed by atoms with Gasteiger partial charge in [-0.2, -0.15) is 0 Å². The Morgan fingerprint density at radius 1 is 1.05 bits per heavy atom. The number of hydrogen-bond donors (Lipinski definition) is 3. The highest BCUT2D eigenvalue weighted by Gasteiger charge is 2.14. The molecule has 0 amide bonds. The van der Waals surface area contributed by atoms with Gasteiger partial charge in [-0.05, 0) is 0 Å². The molecule has 1 heterocycles. The van der Waals surface area contributed by atoms with Gasteiger partial charge in [0.05, 0.1) is 5.69 Å². The number of phenols is 2. The van der Waals surface area contributed by atoms with E-state index in [1.807, 2.05) is 0 Å². The van der Waals surface area contributed by atoms with E-state index in [1.54, 1.807) is 24.3 Å². The monoisotopic (exact) mass is 253 g/mol. The summed E-state index contributed by atoms with van der Waals surface area (Å²) in [5, 5.41) is 28.6. The van der Waals surface area contributed by atoms with Gasteiger partial charge < -0.3 is 15.6 Å². The van der Waals surface area contributed by atoms with Crippen molar-refractivity contribution in [1.29, 1.82) is 5.41 Å². The van der Waals surface area contributed by atoms with Crippen LogP contribution in [0.15, 0.2) is 30.5 Å². The lowest BCUT2D eigenvalue weighted by molar-refractivity contribution is 0.476. The smallest absolute Gasteiger partial charge is 0.151 e. The lowest BCUT2D eigenvalue weighted by Gasteiger charge is -2.08. The van der Waals surface area contributed by atoms with E-state index < -0.39 is 0 Å². The van der Waals surface area contributed by atoms with E-state index in [-0.39, 0.29) is 22.5 Å². The quantitative estimate of drug-likeness (QED) is 0.371. The predicted molar refractivity (Wildman–Crippen MR) is 72.9 cm³/mol. The molecule has 0 aliphatic heterocycles. The standard InChI is InChI=1S/C14H11N3O2/c15-6-5-8-7-16-11-12(17-8)14(19)10-4-2-1-3-9(10)13(11)18/h1-4,6-7,15,18-19H,5H2. The maximum absolute atomic E-state index is 10.3. The van der Waals surface area contributed by atoms with Crippen molar-refractivity contribution >= 4 is 28.0 Å². The minimum atomic E-state index is 0.00253. The number of fused-ring (bicyclic) bond motifs is 2. The van der Waals surface area contributed by atoms with Crippen LogP contribution in [0.25, 0.3) is 21.8 Å². The summed E-state index contributed by atoms with van der Waals surface area (Å²) in [4.78, 5) is 8.39. The molecule has 3 N–H and O–H groups in total. The van der Waals surface area contributed by atoms with Gasteiger partial charge in [-0.3, -0.25) is 0 Å². The molecule has 5 heteroatoms. The van der Waals surface area contributed by atoms with Crippen molar-refractivity contribution in [2.24, 2.45) is 0 Å². The second kappa shape index (κ2) is 4.20. The van der Waals surface area contributed by atoms with Crippen LogP contribution in [-0.4, -0.2) is 26.4 Å². The molecule has 0 aliphatic rings. The molecule has 0 atom stereocenters. The van der Waals surface area contributed by atoms with E-state index >= 15 is 0 Å². The average molecular weight is 253 g/mol. The Morgan fingerprint density at radius 2 is 1.68 bits per heavy atom. The molecule has 0 bridgehead atoms. The average Bonchev–Trinajstić information content (AvgIpc) is 2.45. The zero-order chi connectivity index (χ0) is 13.4. The van der Waals surface area contributed by atoms with Gasteiger partial charge in [-0.15, -0.1) is 0 Å². The molecule has 0 spiro atoms. The first kappa shape index (κ1) is 11.4. The summed E-state index contributed by atoms with van der Waals surface area (Å²) in [5.74, 6) is 0.0139. The van der Waals surface area contributed by atoms with Crippen LogP contribution in [0.2, 0.25) is 0 Å². The molecule has 3 rings (SSSR count). The van der Waals surface area contributed by atoms with Gasteiger partial charge in [-0.1, -0.05) is 24.3 Å². The Hall–Kier alpha value is -2.69. The van der Waals surface area contributed by atoms with Crippen molar-refractivity contribution in [2.75, 3.05) is 0 Å². The van der Waals surface area contributed by atoms with E-state index in [9.17, 15) is 10.2 Å². The highest BCUT2D eigenvalue weighted by Crippen LogP contribution is 2.39. The summed E-state index contributed by atoms with van der Waals surface area (Å²) < 4.78 is 0. The zero-order valence-corrected chi connectivity index (χ0v) is 9.96. The zero-order valence-electron chi connectivity index (χ0n) is 9.96. The largest absolute Gasteiger partial charge is 0.505 e. The number of nitrogens with one attached hydrogen (secondary N) is 1. The van der Waals surface area contributed by atoms with Crippen molar-refractivity contribution in [1.82, 2.24) is 9.97 Å². The molecule has 0 fully saturated rings. The van der Waals surface area contributed by atoms with Gasteiger partial charge in [0.15, 0.2) is 11.5 Å². The SMILES string of the molecule is N=CCc1cnc2c(O)c3ccccc3c(O)c2n1. The lowest BCUT2D eigenvalue weighted by Crippen LogP contribution is -1.95. The summed E-state index contributed by atoms with van der Waals surface area (Å²) in [6.07, 6.45) is 3.06. The van der Waals surface area contributed by atoms with Crippen LogP contribution in [0.3, 0.4) is 0 Å². The molecule has 0 radical (unpaired) electrons. The molecule has 0 unspecified atom stereocenters. The number of phenolic OH excluding ortho intramolecular Hbond substituents is 2. The van der Waals surface area contributed by atoms with Crippen molar-refractivity contribution in [3.63, 3.8) is 0 Å². The Morgan fingerprint density at radius 3 is 2.32 bits per heavy atom. The number of aromatic nitrogens is 2. The topological polar surface area (TPSA) is 90.1 Å². The third-order valence-corrected chi connectivity index (χ3v) is 3.02. The second-order valence-electron chi connectivity index (χ2n) is 4.21. The summed E-state index contributed by atoms with van der Waals surface area (Å²) >= 11 is 0. The van der Waals surface area contributed by atoms with Crippen LogP contribution >= 0.6 is 0 Å². The van der Waals surface area contributed by atoms with Crippen molar-refractivity contribution in [3.8, 4) is 11.5 Å². The summed E-state index contributed by atoms with van der Waals surface area (Å²) in [7, 11) is 0. The summed E-state index contributed by atoms with van der Waals surface area (Å²) in [6, 6.07) is 7.00. The van der Waals surface area contributed by atoms with Crippen LogP contribution < -0.4 is 0 Å². The lowest BCUT2D eigenvalue weighted by atomic mass is 10.1. The Labute approximate surface area is 108 Å². The highest BCUT2D eigenvalue weighted by atomic mass is 16.3. The molecule has 3 aromatic rings. The van der Waals surface area contributed by atoms with Crippen LogP contribution in [0.1, 0.15) is 5.69 Å². The third-order valence-electron chi connectivity index (χ3n) is 3.02. The number of nitrogens with zero attached hydrogens (tertiary/aromatic N) is 2. The molecule has 19 heavy (non-hydrogen) atoms. The number of benzene rings is 2. The van der Waals surface area contributed by atoms with E-state index in [0.717, 1.165) is 0 Å². The Balaban J connectivity index is 2.45. The maximum atomic E-state index is 10.3. The van der Waals surface area contributed by atoms with Gasteiger partial charge in [0, 0.05) is 29.6 Å². The minimum absolute atomic E-state index is 0.00253. The Bertz CT molecular complexity index is 799. The molecule has 1 aromatic heterocycles. The van der Waals surface area contributed by atoms with Crippen molar-refractivity contribution in [3.05, 3.63) is 36.2 Å². The van der Waals surface area contributed by atoms with Crippen LogP contribution in [0.4, 0.5) is 0 Å². The first-order valence-electron chi connectivity index (χ1n) is 5.79. The van der Waals surface area contributed by atoms with Gasteiger partial charge in [0.25, 0.3) is 0 Å². The second-order valence-corrected chi connectivity index (χ2v) is 4.21. The van der Waals surface area contributed by atoms with Crippen LogP contribution in [-0.2, 0) is 6.42 Å². The molecule has 5 nitrogen and oxygen atoms in total. The number of hydrogen-bond acceptors (Lipinski definition) is 5. The van der Waals surface area contributed by atoms with E-state index in [2.05, 4.69) is 9.97 Å². The van der Waals surface area contributed by atoms with Crippen molar-refractivity contribution < 1.29 is 10.2 Å². The van der Waals surface area contributed by atoms with Crippen LogP contribution in [0.5, 0.6) is 11.5 Å². The molecule has 0 saturated carbocycles. The molecular weight excluding hydrogens is 242 g/mol. The number of aromatic hydroxyl groups is 2. The van der Waals surface area contributed by atoms with E-state index in [4.69, 9.17) is 5.41 Å². The first-order valence-corrected chi connectivity index (χ1v) is 5.79. The fourth-order valence-electron chi connectivity index (χ4n) is 2.12. The normalized spacial score (nSPS) is 10.9. The van der Waals surface area contributed by atoms with Gasteiger partial charge in [-0.25, -0.2) is 9.97 Å². The fraction of sp³-hybridized carbons (Fsp3) is 0.0714. The molecule has 0 saturated heterocycles. The maximum Gasteiger partial charge on any atom is 0.151 e. The predicted octanol–water partition coefficient (Wildman–Crippen LogP) is 2.39. The fourth-order valence-corrected chi connectivity index (χ4v) is 2.12. The number of rotatable bonds is 2. The summed E-state index contributed by atoms with van der Waals surface area (Å²) in [5.41, 5.74) is 1.10. The molecule has 94 valence electrons. The third kappa shape index (κ3) is 1.67. The molecule has 2 aromatic carbocycles. The van der Waals surface area contributed by atoms with Gasteiger partial charge in [0.1, 0.15) is 11.0 Å². The highest BCUT2D eigenvalue weighted by molar-refractivity contribution is 6.07. The van der Waals surface area contributed by atoms with Gasteiger partial charge >= 0.3 is 0 Å². The van der Waals surface area contributed by atoms with E-state index in [1.165, 1.54) is 12.4 Å². The van der Waals surface area contributed by atoms with Gasteiger partial charge in [0.2, 0.25) is 0 Å².